The Hall–Kier alpha value is -3.09. The number of aromatic nitrogens is 3. The largest absolute Gasteiger partial charge is 0.416 e. The first kappa shape index (κ1) is 27.1. The van der Waals surface area contributed by atoms with Gasteiger partial charge >= 0.3 is 6.18 Å². The second-order valence-electron chi connectivity index (χ2n) is 10.6. The number of pyridine rings is 1. The molecule has 3 N–H and O–H groups in total. The van der Waals surface area contributed by atoms with Gasteiger partial charge in [-0.05, 0) is 67.2 Å². The van der Waals surface area contributed by atoms with E-state index in [9.17, 15) is 18.0 Å². The summed E-state index contributed by atoms with van der Waals surface area (Å²) in [5.41, 5.74) is 4.57. The molecule has 6 rings (SSSR count). The average Bonchev–Trinajstić information content (AvgIpc) is 3.72. The molecule has 12 heteroatoms. The van der Waals surface area contributed by atoms with Gasteiger partial charge in [-0.25, -0.2) is 0 Å². The number of carbonyl (C=O) groups is 1. The number of nitrogens with zero attached hydrogens (tertiary/aromatic N) is 3. The van der Waals surface area contributed by atoms with Crippen molar-refractivity contribution in [3.8, 4) is 0 Å². The molecule has 2 saturated heterocycles. The van der Waals surface area contributed by atoms with Gasteiger partial charge in [-0.3, -0.25) is 19.8 Å². The molecule has 4 heterocycles. The molecule has 1 amide bonds. The van der Waals surface area contributed by atoms with Crippen molar-refractivity contribution in [2.75, 3.05) is 38.2 Å². The fraction of sp³-hybridized carbons (Fsp3) is 0.464. The molecule has 3 atom stereocenters. The van der Waals surface area contributed by atoms with Crippen molar-refractivity contribution >= 4 is 34.4 Å². The third kappa shape index (κ3) is 5.70. The van der Waals surface area contributed by atoms with Crippen LogP contribution in [0.15, 0.2) is 42.2 Å². The van der Waals surface area contributed by atoms with Crippen LogP contribution >= 0.6 is 11.8 Å². The molecule has 3 aromatic rings. The van der Waals surface area contributed by atoms with Gasteiger partial charge in [0, 0.05) is 59.7 Å². The minimum atomic E-state index is -4.46. The fourth-order valence-electron chi connectivity index (χ4n) is 5.72. The number of nitrogens with one attached hydrogen (secondary N) is 3. The Morgan fingerprint density at radius 1 is 1.27 bits per heavy atom. The summed E-state index contributed by atoms with van der Waals surface area (Å²) in [5, 5.41) is 13.4. The number of hydrogen-bond acceptors (Lipinski definition) is 7. The quantitative estimate of drug-likeness (QED) is 0.381. The molecule has 2 unspecified atom stereocenters. The lowest BCUT2D eigenvalue weighted by Gasteiger charge is -2.22. The topological polar surface area (TPSA) is 95.2 Å². The molecule has 0 bridgehead atoms. The number of rotatable bonds is 7. The van der Waals surface area contributed by atoms with Crippen LogP contribution in [0.2, 0.25) is 0 Å². The van der Waals surface area contributed by atoms with Gasteiger partial charge in [0.2, 0.25) is 5.91 Å². The lowest BCUT2D eigenvalue weighted by atomic mass is 10.1. The van der Waals surface area contributed by atoms with Gasteiger partial charge in [0.1, 0.15) is 0 Å². The van der Waals surface area contributed by atoms with E-state index in [1.807, 2.05) is 31.1 Å². The fourth-order valence-corrected chi connectivity index (χ4v) is 7.32. The van der Waals surface area contributed by atoms with E-state index in [4.69, 9.17) is 4.74 Å². The number of halogens is 3. The Balaban J connectivity index is 1.12. The second-order valence-corrected chi connectivity index (χ2v) is 12.0. The molecular formula is C28H31F3N6O2S. The Labute approximate surface area is 234 Å². The van der Waals surface area contributed by atoms with Crippen molar-refractivity contribution in [3.05, 3.63) is 64.6 Å². The van der Waals surface area contributed by atoms with Crippen LogP contribution in [0.25, 0.3) is 10.9 Å². The van der Waals surface area contributed by atoms with Crippen LogP contribution in [0.5, 0.6) is 0 Å². The van der Waals surface area contributed by atoms with Crippen LogP contribution < -0.4 is 10.6 Å². The number of likely N-dealkylation sites (tertiary alicyclic amines) is 1. The number of fused-ring (bicyclic) bond motifs is 2. The lowest BCUT2D eigenvalue weighted by molar-refractivity contribution is -0.137. The molecule has 3 aliphatic rings. The molecule has 0 spiro atoms. The summed E-state index contributed by atoms with van der Waals surface area (Å²) in [5.74, 6) is -0.0951. The first-order chi connectivity index (χ1) is 19.2. The van der Waals surface area contributed by atoms with E-state index in [0.29, 0.717) is 16.8 Å². The Morgan fingerprint density at radius 2 is 2.15 bits per heavy atom. The predicted molar refractivity (Wildman–Crippen MR) is 148 cm³/mol. The maximum Gasteiger partial charge on any atom is 0.416 e. The molecule has 212 valence electrons. The Morgan fingerprint density at radius 3 is 2.95 bits per heavy atom. The third-order valence-corrected chi connectivity index (χ3v) is 9.46. The van der Waals surface area contributed by atoms with E-state index >= 15 is 0 Å². The van der Waals surface area contributed by atoms with Gasteiger partial charge in [0.05, 0.1) is 24.2 Å². The highest BCUT2D eigenvalue weighted by atomic mass is 32.2. The van der Waals surface area contributed by atoms with E-state index in [2.05, 4.69) is 36.8 Å². The zero-order chi connectivity index (χ0) is 27.9. The van der Waals surface area contributed by atoms with Gasteiger partial charge in [0.15, 0.2) is 5.82 Å². The van der Waals surface area contributed by atoms with Crippen LogP contribution in [-0.2, 0) is 22.1 Å². The molecule has 40 heavy (non-hydrogen) atoms. The van der Waals surface area contributed by atoms with Gasteiger partial charge in [-0.15, -0.1) is 11.8 Å². The summed E-state index contributed by atoms with van der Waals surface area (Å²) < 4.78 is 45.1. The molecule has 2 aromatic heterocycles. The van der Waals surface area contributed by atoms with Crippen LogP contribution in [0.4, 0.5) is 19.0 Å². The molecule has 2 aliphatic heterocycles. The maximum absolute atomic E-state index is 13.2. The zero-order valence-corrected chi connectivity index (χ0v) is 22.9. The molecule has 8 nitrogen and oxygen atoms in total. The Kier molecular flexibility index (Phi) is 7.49. The van der Waals surface area contributed by atoms with E-state index in [0.717, 1.165) is 69.0 Å². The van der Waals surface area contributed by atoms with Crippen molar-refractivity contribution in [1.29, 1.82) is 0 Å². The number of thioether (sulfide) groups is 1. The number of hydrogen-bond donors (Lipinski definition) is 3. The average molecular weight is 573 g/mol. The number of benzene rings is 1. The highest BCUT2D eigenvalue weighted by molar-refractivity contribution is 8.00. The first-order valence-electron chi connectivity index (χ1n) is 13.4. The predicted octanol–water partition coefficient (Wildman–Crippen LogP) is 4.59. The molecular weight excluding hydrogens is 541 g/mol. The molecule has 0 saturated carbocycles. The van der Waals surface area contributed by atoms with Crippen molar-refractivity contribution in [2.24, 2.45) is 0 Å². The number of ether oxygens (including phenoxy) is 1. The van der Waals surface area contributed by atoms with Crippen LogP contribution in [0.1, 0.15) is 40.5 Å². The number of aromatic amines is 1. The number of H-pyrrole nitrogens is 1. The van der Waals surface area contributed by atoms with E-state index in [-0.39, 0.29) is 28.9 Å². The van der Waals surface area contributed by atoms with Crippen molar-refractivity contribution in [2.45, 2.75) is 48.9 Å². The highest BCUT2D eigenvalue weighted by Crippen LogP contribution is 2.46. The van der Waals surface area contributed by atoms with Gasteiger partial charge < -0.3 is 15.4 Å². The first-order valence-corrected chi connectivity index (χ1v) is 14.4. The minimum absolute atomic E-state index is 0.126. The van der Waals surface area contributed by atoms with Gasteiger partial charge in [-0.1, -0.05) is 0 Å². The molecule has 2 fully saturated rings. The molecule has 1 aliphatic carbocycles. The normalized spacial score (nSPS) is 24.2. The van der Waals surface area contributed by atoms with Crippen molar-refractivity contribution in [1.82, 2.24) is 25.4 Å². The van der Waals surface area contributed by atoms with Crippen LogP contribution in [0.3, 0.4) is 0 Å². The number of anilines is 1. The smallest absolute Gasteiger partial charge is 0.380 e. The highest BCUT2D eigenvalue weighted by Gasteiger charge is 2.37. The number of alkyl halides is 3. The van der Waals surface area contributed by atoms with Crippen molar-refractivity contribution < 1.29 is 22.7 Å². The summed E-state index contributed by atoms with van der Waals surface area (Å²) >= 11 is 1.94. The summed E-state index contributed by atoms with van der Waals surface area (Å²) in [6, 6.07) is 5.92. The monoisotopic (exact) mass is 572 g/mol. The molecule has 0 radical (unpaired) electrons. The van der Waals surface area contributed by atoms with Crippen LogP contribution in [0, 0.1) is 6.92 Å². The summed E-state index contributed by atoms with van der Waals surface area (Å²) in [6.07, 6.45) is 2.49. The second kappa shape index (κ2) is 11.1. The Bertz CT molecular complexity index is 1440. The SMILES string of the molecule is Cc1cc2c(cn1)C(S[C@H]1CN(C3CCOC3)CC1=CNC(=O)CNc1n[nH]c3ccc(C(F)(F)F)cc13)CC2. The lowest BCUT2D eigenvalue weighted by Crippen LogP contribution is -2.34. The van der Waals surface area contributed by atoms with E-state index in [1.54, 1.807) is 0 Å². The summed E-state index contributed by atoms with van der Waals surface area (Å²) in [7, 11) is 0. The van der Waals surface area contributed by atoms with Gasteiger partial charge in [0.25, 0.3) is 0 Å². The number of carbonyl (C=O) groups excluding carboxylic acids is 1. The standard InChI is InChI=1S/C28H31F3N6O2S/c1-16-8-17-2-5-24(22(17)11-32-16)40-25-14-37(20-6-7-39-15-20)13-18(25)10-33-26(38)12-34-27-21-9-19(28(29,30)31)3-4-23(21)35-36-27/h3-4,8-11,20,24-25H,2,5-7,12-15H2,1H3,(H,33,38)(H2,34,35,36)/t20?,24?,25-/m0/s1. The van der Waals surface area contributed by atoms with Crippen LogP contribution in [-0.4, -0.2) is 70.1 Å². The molecule has 1 aromatic carbocycles. The maximum atomic E-state index is 13.2. The number of aryl methyl sites for hydroxylation is 2. The van der Waals surface area contributed by atoms with Crippen molar-refractivity contribution in [3.63, 3.8) is 0 Å². The summed E-state index contributed by atoms with van der Waals surface area (Å²) in [4.78, 5) is 19.7. The minimum Gasteiger partial charge on any atom is -0.380 e. The number of amides is 1. The summed E-state index contributed by atoms with van der Waals surface area (Å²) in [6.45, 7) is 5.04. The van der Waals surface area contributed by atoms with E-state index in [1.165, 1.54) is 17.2 Å². The third-order valence-electron chi connectivity index (χ3n) is 7.86. The zero-order valence-electron chi connectivity index (χ0n) is 22.1. The van der Waals surface area contributed by atoms with E-state index < -0.39 is 11.7 Å². The van der Waals surface area contributed by atoms with Gasteiger partial charge in [-0.2, -0.15) is 18.3 Å².